The van der Waals surface area contributed by atoms with Gasteiger partial charge in [-0.15, -0.1) is 0 Å². The number of aliphatic hydroxyl groups is 1. The number of nitrogens with two attached hydrogens (primary N) is 1. The Morgan fingerprint density at radius 2 is 2.00 bits per heavy atom. The van der Waals surface area contributed by atoms with Gasteiger partial charge in [0.25, 0.3) is 0 Å². The van der Waals surface area contributed by atoms with Crippen LogP contribution in [0.15, 0.2) is 12.3 Å². The lowest BCUT2D eigenvalue weighted by Crippen LogP contribution is -2.24. The quantitative estimate of drug-likeness (QED) is 0.811. The molecular weight excluding hydrogens is 228 g/mol. The Kier molecular flexibility index (Phi) is 2.99. The summed E-state index contributed by atoms with van der Waals surface area (Å²) in [6.45, 7) is 3.67. The maximum atomic E-state index is 9.56. The summed E-state index contributed by atoms with van der Waals surface area (Å²) in [5, 5.41) is 9.56. The van der Waals surface area contributed by atoms with Gasteiger partial charge < -0.3 is 20.6 Å². The molecule has 98 valence electrons. The fraction of sp³-hybridized carbons (Fsp3) is 0.615. The molecule has 3 N–H and O–H groups in total. The molecule has 1 atom stereocenters. The highest BCUT2D eigenvalue weighted by Gasteiger charge is 2.23. The largest absolute Gasteiger partial charge is 0.396 e. The van der Waals surface area contributed by atoms with Gasteiger partial charge >= 0.3 is 0 Å². The minimum atomic E-state index is -0.246. The maximum Gasteiger partial charge on any atom is 0.152 e. The van der Waals surface area contributed by atoms with Gasteiger partial charge in [-0.3, -0.25) is 0 Å². The van der Waals surface area contributed by atoms with Crippen molar-refractivity contribution in [3.8, 4) is 0 Å². The van der Waals surface area contributed by atoms with E-state index in [4.69, 9.17) is 5.73 Å². The van der Waals surface area contributed by atoms with Crippen molar-refractivity contribution in [3.05, 3.63) is 12.3 Å². The molecule has 2 aliphatic heterocycles. The first-order valence-corrected chi connectivity index (χ1v) is 6.67. The van der Waals surface area contributed by atoms with E-state index in [1.165, 1.54) is 12.8 Å². The minimum absolute atomic E-state index is 0.246. The van der Waals surface area contributed by atoms with Crippen LogP contribution in [0.5, 0.6) is 0 Å². The number of aliphatic hydroxyl groups excluding tert-OH is 1. The van der Waals surface area contributed by atoms with Gasteiger partial charge in [-0.05, 0) is 25.3 Å². The topological polar surface area (TPSA) is 65.6 Å². The van der Waals surface area contributed by atoms with Crippen molar-refractivity contribution < 1.29 is 5.11 Å². The first kappa shape index (κ1) is 11.6. The monoisotopic (exact) mass is 248 g/mol. The second-order valence-electron chi connectivity index (χ2n) is 5.19. The first-order chi connectivity index (χ1) is 8.74. The third kappa shape index (κ3) is 2.10. The molecule has 18 heavy (non-hydrogen) atoms. The number of hydrogen-bond donors (Lipinski definition) is 2. The van der Waals surface area contributed by atoms with Crippen LogP contribution in [-0.4, -0.2) is 42.4 Å². The van der Waals surface area contributed by atoms with Crippen molar-refractivity contribution in [2.24, 2.45) is 0 Å². The lowest BCUT2D eigenvalue weighted by Gasteiger charge is -2.22. The molecule has 0 spiro atoms. The van der Waals surface area contributed by atoms with E-state index in [-0.39, 0.29) is 6.10 Å². The molecule has 3 heterocycles. The predicted octanol–water partition coefficient (Wildman–Crippen LogP) is 0.835. The highest BCUT2D eigenvalue weighted by molar-refractivity contribution is 5.68. The lowest BCUT2D eigenvalue weighted by atomic mass is 10.3. The summed E-state index contributed by atoms with van der Waals surface area (Å²) < 4.78 is 0. The van der Waals surface area contributed by atoms with Crippen LogP contribution in [0.2, 0.25) is 0 Å². The van der Waals surface area contributed by atoms with Crippen LogP contribution in [0.1, 0.15) is 19.3 Å². The third-order valence-electron chi connectivity index (χ3n) is 3.81. The molecule has 0 bridgehead atoms. The van der Waals surface area contributed by atoms with Crippen LogP contribution in [0.25, 0.3) is 0 Å². The Labute approximate surface area is 107 Å². The van der Waals surface area contributed by atoms with Crippen LogP contribution in [0.3, 0.4) is 0 Å². The van der Waals surface area contributed by atoms with Gasteiger partial charge in [-0.2, -0.15) is 0 Å². The van der Waals surface area contributed by atoms with Crippen LogP contribution in [0, 0.1) is 0 Å². The van der Waals surface area contributed by atoms with Gasteiger partial charge in [0.15, 0.2) is 5.82 Å². The predicted molar refractivity (Wildman–Crippen MR) is 72.9 cm³/mol. The van der Waals surface area contributed by atoms with Crippen LogP contribution >= 0.6 is 0 Å². The van der Waals surface area contributed by atoms with Gasteiger partial charge in [0, 0.05) is 26.2 Å². The summed E-state index contributed by atoms with van der Waals surface area (Å²) in [7, 11) is 0. The zero-order valence-electron chi connectivity index (χ0n) is 10.5. The Morgan fingerprint density at radius 3 is 2.61 bits per heavy atom. The molecule has 1 aromatic heterocycles. The van der Waals surface area contributed by atoms with E-state index < -0.39 is 0 Å². The van der Waals surface area contributed by atoms with Crippen molar-refractivity contribution >= 4 is 17.2 Å². The van der Waals surface area contributed by atoms with E-state index in [1.807, 2.05) is 12.3 Å². The third-order valence-corrected chi connectivity index (χ3v) is 3.81. The molecule has 0 amide bonds. The Balaban J connectivity index is 1.80. The Hall–Kier alpha value is -1.49. The average Bonchev–Trinajstić information content (AvgIpc) is 2.99. The Morgan fingerprint density at radius 1 is 1.22 bits per heavy atom. The summed E-state index contributed by atoms with van der Waals surface area (Å²) in [6, 6.07) is 2.01. The second-order valence-corrected chi connectivity index (χ2v) is 5.19. The molecule has 5 heteroatoms. The molecule has 2 saturated heterocycles. The zero-order chi connectivity index (χ0) is 12.5. The van der Waals surface area contributed by atoms with Gasteiger partial charge in [0.05, 0.1) is 23.7 Å². The number of rotatable bonds is 2. The smallest absolute Gasteiger partial charge is 0.152 e. The second kappa shape index (κ2) is 4.65. The van der Waals surface area contributed by atoms with Crippen LogP contribution in [-0.2, 0) is 0 Å². The van der Waals surface area contributed by atoms with Gasteiger partial charge in [0.2, 0.25) is 0 Å². The molecule has 5 nitrogen and oxygen atoms in total. The van der Waals surface area contributed by atoms with E-state index in [1.54, 1.807) is 0 Å². The number of pyridine rings is 1. The van der Waals surface area contributed by atoms with E-state index >= 15 is 0 Å². The Bertz CT molecular complexity index is 431. The van der Waals surface area contributed by atoms with Crippen molar-refractivity contribution in [1.29, 1.82) is 0 Å². The molecule has 0 aromatic carbocycles. The first-order valence-electron chi connectivity index (χ1n) is 6.67. The van der Waals surface area contributed by atoms with Crippen LogP contribution < -0.4 is 15.5 Å². The van der Waals surface area contributed by atoms with Crippen molar-refractivity contribution in [2.45, 2.75) is 25.4 Å². The molecular formula is C13H20N4O. The highest BCUT2D eigenvalue weighted by atomic mass is 16.3. The molecule has 0 saturated carbocycles. The standard InChI is InChI=1S/C13H20N4O/c14-12-7-10(16-4-1-2-5-16)8-15-13(12)17-6-3-11(18)9-17/h7-8,11,18H,1-6,9,14H2. The summed E-state index contributed by atoms with van der Waals surface area (Å²) in [5.74, 6) is 0.814. The van der Waals surface area contributed by atoms with Gasteiger partial charge in [-0.25, -0.2) is 4.98 Å². The fourth-order valence-corrected chi connectivity index (χ4v) is 2.81. The molecule has 2 fully saturated rings. The molecule has 1 unspecified atom stereocenters. The van der Waals surface area contributed by atoms with E-state index in [2.05, 4.69) is 14.8 Å². The van der Waals surface area contributed by atoms with Gasteiger partial charge in [-0.1, -0.05) is 0 Å². The summed E-state index contributed by atoms with van der Waals surface area (Å²) in [5.41, 5.74) is 7.94. The minimum Gasteiger partial charge on any atom is -0.396 e. The van der Waals surface area contributed by atoms with Crippen molar-refractivity contribution in [2.75, 3.05) is 41.7 Å². The SMILES string of the molecule is Nc1cc(N2CCCC2)cnc1N1CCC(O)C1. The number of β-amino-alcohol motifs (C(OH)–C–C–N with tert-alkyl or cyclic N) is 1. The number of nitrogens with zero attached hydrogens (tertiary/aromatic N) is 3. The fourth-order valence-electron chi connectivity index (χ4n) is 2.81. The summed E-state index contributed by atoms with van der Waals surface area (Å²) >= 11 is 0. The number of aromatic nitrogens is 1. The summed E-state index contributed by atoms with van der Waals surface area (Å²) in [6.07, 6.45) is 4.96. The summed E-state index contributed by atoms with van der Waals surface area (Å²) in [4.78, 5) is 8.88. The van der Waals surface area contributed by atoms with Crippen molar-refractivity contribution in [1.82, 2.24) is 4.98 Å². The molecule has 3 rings (SSSR count). The number of hydrogen-bond acceptors (Lipinski definition) is 5. The molecule has 0 radical (unpaired) electrons. The molecule has 2 aliphatic rings. The normalized spacial score (nSPS) is 23.9. The maximum absolute atomic E-state index is 9.56. The number of nitrogen functional groups attached to an aromatic ring is 1. The highest BCUT2D eigenvalue weighted by Crippen LogP contribution is 2.29. The van der Waals surface area contributed by atoms with E-state index in [0.717, 1.165) is 37.6 Å². The number of anilines is 3. The van der Waals surface area contributed by atoms with Gasteiger partial charge in [0.1, 0.15) is 0 Å². The molecule has 1 aromatic rings. The average molecular weight is 248 g/mol. The molecule has 0 aliphatic carbocycles. The van der Waals surface area contributed by atoms with E-state index in [0.29, 0.717) is 12.2 Å². The van der Waals surface area contributed by atoms with Crippen LogP contribution in [0.4, 0.5) is 17.2 Å². The zero-order valence-corrected chi connectivity index (χ0v) is 10.5. The van der Waals surface area contributed by atoms with Crippen molar-refractivity contribution in [3.63, 3.8) is 0 Å². The van der Waals surface area contributed by atoms with E-state index in [9.17, 15) is 5.11 Å². The lowest BCUT2D eigenvalue weighted by molar-refractivity contribution is 0.198.